The van der Waals surface area contributed by atoms with Crippen molar-refractivity contribution < 1.29 is 40.7 Å². The molecule has 0 spiro atoms. The molecule has 0 saturated carbocycles. The minimum absolute atomic E-state index is 0.0468. The van der Waals surface area contributed by atoms with E-state index in [9.17, 15) is 26.4 Å². The lowest BCUT2D eigenvalue weighted by molar-refractivity contribution is -0.328. The van der Waals surface area contributed by atoms with Crippen molar-refractivity contribution in [2.45, 2.75) is 56.1 Å². The molecular weight excluding hydrogens is 563 g/mol. The highest BCUT2D eigenvalue weighted by Gasteiger charge is 2.48. The van der Waals surface area contributed by atoms with Gasteiger partial charge in [-0.15, -0.1) is 5.06 Å². The van der Waals surface area contributed by atoms with Crippen molar-refractivity contribution in [2.75, 3.05) is 13.7 Å². The highest BCUT2D eigenvalue weighted by Crippen LogP contribution is 2.35. The van der Waals surface area contributed by atoms with Gasteiger partial charge in [-0.1, -0.05) is 36.7 Å². The van der Waals surface area contributed by atoms with Gasteiger partial charge in [0, 0.05) is 18.9 Å². The number of hydroxylamine groups is 2. The molecule has 0 radical (unpaired) electrons. The molecule has 2 aromatic carbocycles. The molecule has 9 nitrogen and oxygen atoms in total. The SMILES string of the molecule is COC(=O)CC[C@@H](CNS(=O)(=O)c1cccc(C(F)(F)F)c1)O[C@@H]1[C@H](C)C(C)N1OC(=N)c1ccccc1Cl. The van der Waals surface area contributed by atoms with Crippen LogP contribution in [0.4, 0.5) is 13.2 Å². The van der Waals surface area contributed by atoms with E-state index in [0.29, 0.717) is 16.7 Å². The Kier molecular flexibility index (Phi) is 9.99. The number of halogens is 4. The van der Waals surface area contributed by atoms with Crippen molar-refractivity contribution in [1.29, 1.82) is 5.41 Å². The molecule has 214 valence electrons. The van der Waals surface area contributed by atoms with E-state index in [0.717, 1.165) is 18.2 Å². The second-order valence-corrected chi connectivity index (χ2v) is 11.2. The molecule has 2 N–H and O–H groups in total. The van der Waals surface area contributed by atoms with Gasteiger partial charge in [-0.2, -0.15) is 13.2 Å². The van der Waals surface area contributed by atoms with E-state index in [4.69, 9.17) is 26.6 Å². The van der Waals surface area contributed by atoms with Gasteiger partial charge in [0.15, 0.2) is 0 Å². The van der Waals surface area contributed by atoms with Crippen LogP contribution in [0.15, 0.2) is 53.4 Å². The van der Waals surface area contributed by atoms with E-state index >= 15 is 0 Å². The highest BCUT2D eigenvalue weighted by atomic mass is 35.5. The summed E-state index contributed by atoms with van der Waals surface area (Å²) in [5.74, 6) is -0.873. The van der Waals surface area contributed by atoms with Gasteiger partial charge >= 0.3 is 12.1 Å². The normalized spacial score (nSPS) is 20.6. The van der Waals surface area contributed by atoms with Crippen LogP contribution in [0.5, 0.6) is 0 Å². The van der Waals surface area contributed by atoms with Crippen LogP contribution < -0.4 is 4.72 Å². The fraction of sp³-hybridized carbons (Fsp3) is 0.440. The maximum atomic E-state index is 13.1. The zero-order valence-electron chi connectivity index (χ0n) is 21.4. The van der Waals surface area contributed by atoms with Gasteiger partial charge in [0.25, 0.3) is 0 Å². The fourth-order valence-corrected chi connectivity index (χ4v) is 5.21. The molecule has 1 aliphatic heterocycles. The number of carbonyl (C=O) groups is 1. The number of alkyl halides is 3. The Morgan fingerprint density at radius 2 is 1.87 bits per heavy atom. The number of nitrogens with zero attached hydrogens (tertiary/aromatic N) is 1. The first-order chi connectivity index (χ1) is 18.2. The number of benzene rings is 2. The van der Waals surface area contributed by atoms with Gasteiger partial charge < -0.3 is 14.3 Å². The number of nitrogens with one attached hydrogen (secondary N) is 2. The smallest absolute Gasteiger partial charge is 0.416 e. The summed E-state index contributed by atoms with van der Waals surface area (Å²) >= 11 is 6.16. The molecule has 2 aromatic rings. The van der Waals surface area contributed by atoms with Crippen LogP contribution in [0.3, 0.4) is 0 Å². The van der Waals surface area contributed by atoms with Gasteiger partial charge in [-0.3, -0.25) is 10.2 Å². The number of methoxy groups -OCH3 is 1. The van der Waals surface area contributed by atoms with Crippen molar-refractivity contribution in [1.82, 2.24) is 9.79 Å². The lowest BCUT2D eigenvalue weighted by Gasteiger charge is -2.50. The zero-order chi connectivity index (χ0) is 29.0. The third-order valence-corrected chi connectivity index (χ3v) is 8.13. The van der Waals surface area contributed by atoms with Crippen LogP contribution in [-0.4, -0.2) is 57.4 Å². The molecule has 3 rings (SSSR count). The maximum absolute atomic E-state index is 13.1. The van der Waals surface area contributed by atoms with E-state index in [2.05, 4.69) is 9.46 Å². The third-order valence-electron chi connectivity index (χ3n) is 6.38. The van der Waals surface area contributed by atoms with Gasteiger partial charge in [0.2, 0.25) is 15.9 Å². The predicted molar refractivity (Wildman–Crippen MR) is 136 cm³/mol. The molecule has 14 heteroatoms. The summed E-state index contributed by atoms with van der Waals surface area (Å²) in [7, 11) is -3.14. The summed E-state index contributed by atoms with van der Waals surface area (Å²) in [6.45, 7) is 3.38. The van der Waals surface area contributed by atoms with Crippen LogP contribution in [0.25, 0.3) is 0 Å². The molecule has 1 aliphatic rings. The van der Waals surface area contributed by atoms with Crippen LogP contribution in [0, 0.1) is 11.3 Å². The van der Waals surface area contributed by atoms with E-state index < -0.39 is 45.0 Å². The number of rotatable bonds is 11. The molecule has 1 saturated heterocycles. The van der Waals surface area contributed by atoms with Gasteiger partial charge in [0.1, 0.15) is 6.23 Å². The monoisotopic (exact) mass is 591 g/mol. The van der Waals surface area contributed by atoms with Gasteiger partial charge in [-0.05, 0) is 43.7 Å². The lowest BCUT2D eigenvalue weighted by atomic mass is 9.92. The Hall–Kier alpha value is -2.71. The van der Waals surface area contributed by atoms with Crippen molar-refractivity contribution in [3.63, 3.8) is 0 Å². The van der Waals surface area contributed by atoms with Crippen LogP contribution in [-0.2, 0) is 35.3 Å². The lowest BCUT2D eigenvalue weighted by Crippen LogP contribution is -2.64. The van der Waals surface area contributed by atoms with Crippen LogP contribution in [0.2, 0.25) is 5.02 Å². The van der Waals surface area contributed by atoms with Crippen molar-refractivity contribution in [3.8, 4) is 0 Å². The first kappa shape index (κ1) is 30.8. The van der Waals surface area contributed by atoms with E-state index in [-0.39, 0.29) is 37.2 Å². The molecular formula is C25H29ClF3N3O6S. The average molecular weight is 592 g/mol. The first-order valence-corrected chi connectivity index (χ1v) is 13.8. The maximum Gasteiger partial charge on any atom is 0.416 e. The molecule has 0 aromatic heterocycles. The highest BCUT2D eigenvalue weighted by molar-refractivity contribution is 7.89. The molecule has 1 heterocycles. The van der Waals surface area contributed by atoms with Crippen molar-refractivity contribution in [3.05, 3.63) is 64.7 Å². The molecule has 4 atom stereocenters. The fourth-order valence-electron chi connectivity index (χ4n) is 3.87. The van der Waals surface area contributed by atoms with E-state index in [1.165, 1.54) is 12.2 Å². The first-order valence-electron chi connectivity index (χ1n) is 11.9. The zero-order valence-corrected chi connectivity index (χ0v) is 22.9. The number of sulfonamides is 1. The topological polar surface area (TPSA) is 118 Å². The second-order valence-electron chi connectivity index (χ2n) is 9.00. The minimum Gasteiger partial charge on any atom is -0.469 e. The Morgan fingerprint density at radius 3 is 2.51 bits per heavy atom. The summed E-state index contributed by atoms with van der Waals surface area (Å²) in [5.41, 5.74) is -0.740. The summed E-state index contributed by atoms with van der Waals surface area (Å²) in [4.78, 5) is 16.9. The molecule has 0 amide bonds. The Morgan fingerprint density at radius 1 is 1.18 bits per heavy atom. The summed E-state index contributed by atoms with van der Waals surface area (Å²) < 4.78 is 77.9. The Balaban J connectivity index is 1.74. The number of esters is 1. The van der Waals surface area contributed by atoms with E-state index in [1.54, 1.807) is 24.3 Å². The third kappa shape index (κ3) is 7.70. The van der Waals surface area contributed by atoms with E-state index in [1.807, 2.05) is 13.8 Å². The summed E-state index contributed by atoms with van der Waals surface area (Å²) in [6.07, 6.45) is -6.37. The predicted octanol–water partition coefficient (Wildman–Crippen LogP) is 4.60. The number of hydrogen-bond donors (Lipinski definition) is 2. The average Bonchev–Trinajstić information content (AvgIpc) is 2.90. The Labute approximate surface area is 229 Å². The molecule has 0 aliphatic carbocycles. The number of carbonyl (C=O) groups excluding carboxylic acids is 1. The number of hydrogen-bond acceptors (Lipinski definition) is 8. The summed E-state index contributed by atoms with van der Waals surface area (Å²) in [6, 6.07) is 9.84. The second kappa shape index (κ2) is 12.6. The van der Waals surface area contributed by atoms with Crippen molar-refractivity contribution in [2.24, 2.45) is 5.92 Å². The largest absolute Gasteiger partial charge is 0.469 e. The number of ether oxygens (including phenoxy) is 2. The minimum atomic E-state index is -4.71. The Bertz CT molecular complexity index is 1290. The molecule has 1 unspecified atom stereocenters. The quantitative estimate of drug-likeness (QED) is 0.223. The van der Waals surface area contributed by atoms with Crippen LogP contribution >= 0.6 is 11.6 Å². The van der Waals surface area contributed by atoms with Gasteiger partial charge in [-0.25, -0.2) is 13.1 Å². The standard InChI is InChI=1S/C25H29ClF3N3O6S/c1-15-16(2)32(38-23(30)20-9-4-5-10-21(20)26)24(15)37-18(11-12-22(33)36-3)14-31-39(34,35)19-8-6-7-17(13-19)25(27,28)29/h4-10,13,15-16,18,24,30-31H,11-12,14H2,1-3H3/t15-,16?,18+,24-/m1/s1. The molecule has 0 bridgehead atoms. The summed E-state index contributed by atoms with van der Waals surface area (Å²) in [5, 5.41) is 10.1. The molecule has 39 heavy (non-hydrogen) atoms. The van der Waals surface area contributed by atoms with Crippen molar-refractivity contribution >= 4 is 33.5 Å². The van der Waals surface area contributed by atoms with Gasteiger partial charge in [0.05, 0.1) is 40.3 Å². The van der Waals surface area contributed by atoms with Crippen LogP contribution in [0.1, 0.15) is 37.8 Å². The molecule has 1 fully saturated rings.